The average molecular weight is 157 g/mol. The Labute approximate surface area is 66.8 Å². The second-order valence-electron chi connectivity index (χ2n) is 3.33. The number of hydrogen-bond donors (Lipinski definition) is 2. The summed E-state index contributed by atoms with van der Waals surface area (Å²) in [5, 5.41) is 11.9. The molecule has 3 heteroatoms. The summed E-state index contributed by atoms with van der Waals surface area (Å²) in [6.45, 7) is 4.65. The van der Waals surface area contributed by atoms with E-state index in [1.165, 1.54) is 0 Å². The van der Waals surface area contributed by atoms with Crippen molar-refractivity contribution in [2.24, 2.45) is 5.92 Å². The van der Waals surface area contributed by atoms with E-state index in [-0.39, 0.29) is 0 Å². The molecule has 3 nitrogen and oxygen atoms in total. The SMILES string of the molecule is CC[C@H]1CCN[C@]1(C)C(=O)O. The van der Waals surface area contributed by atoms with Crippen LogP contribution in [0.3, 0.4) is 0 Å². The van der Waals surface area contributed by atoms with Crippen molar-refractivity contribution in [3.63, 3.8) is 0 Å². The molecule has 0 aliphatic carbocycles. The number of carboxylic acid groups (broad SMARTS) is 1. The van der Waals surface area contributed by atoms with Crippen molar-refractivity contribution in [2.75, 3.05) is 6.54 Å². The van der Waals surface area contributed by atoms with Crippen molar-refractivity contribution >= 4 is 5.97 Å². The van der Waals surface area contributed by atoms with E-state index in [0.717, 1.165) is 19.4 Å². The fraction of sp³-hybridized carbons (Fsp3) is 0.875. The molecule has 1 heterocycles. The fourth-order valence-electron chi connectivity index (χ4n) is 1.80. The van der Waals surface area contributed by atoms with Crippen LogP contribution in [0.4, 0.5) is 0 Å². The first-order chi connectivity index (χ1) is 5.11. The molecule has 0 aromatic heterocycles. The van der Waals surface area contributed by atoms with E-state index in [1.807, 2.05) is 6.92 Å². The summed E-state index contributed by atoms with van der Waals surface area (Å²) in [5.74, 6) is -0.429. The van der Waals surface area contributed by atoms with E-state index in [4.69, 9.17) is 5.11 Å². The first-order valence-corrected chi connectivity index (χ1v) is 4.09. The molecular formula is C8H15NO2. The Bertz CT molecular complexity index is 169. The van der Waals surface area contributed by atoms with Gasteiger partial charge in [-0.2, -0.15) is 0 Å². The second kappa shape index (κ2) is 2.81. The van der Waals surface area contributed by atoms with E-state index in [1.54, 1.807) is 6.92 Å². The molecular weight excluding hydrogens is 142 g/mol. The van der Waals surface area contributed by atoms with Gasteiger partial charge in [-0.15, -0.1) is 0 Å². The van der Waals surface area contributed by atoms with Crippen molar-refractivity contribution in [3.8, 4) is 0 Å². The molecule has 0 aromatic carbocycles. The molecule has 2 atom stereocenters. The summed E-state index contributed by atoms with van der Waals surface area (Å²) in [5.41, 5.74) is -0.672. The van der Waals surface area contributed by atoms with E-state index in [2.05, 4.69) is 5.32 Å². The summed E-state index contributed by atoms with van der Waals surface area (Å²) in [6.07, 6.45) is 1.93. The number of aliphatic carboxylic acids is 1. The lowest BCUT2D eigenvalue weighted by molar-refractivity contribution is -0.145. The lowest BCUT2D eigenvalue weighted by Crippen LogP contribution is -2.49. The molecule has 0 unspecified atom stereocenters. The highest BCUT2D eigenvalue weighted by molar-refractivity contribution is 5.79. The van der Waals surface area contributed by atoms with Gasteiger partial charge in [0.15, 0.2) is 0 Å². The topological polar surface area (TPSA) is 49.3 Å². The van der Waals surface area contributed by atoms with Crippen LogP contribution in [0.2, 0.25) is 0 Å². The Morgan fingerprint density at radius 3 is 2.82 bits per heavy atom. The van der Waals surface area contributed by atoms with Crippen LogP contribution in [-0.4, -0.2) is 23.2 Å². The Hall–Kier alpha value is -0.570. The molecule has 1 aliphatic rings. The maximum Gasteiger partial charge on any atom is 0.323 e. The molecule has 11 heavy (non-hydrogen) atoms. The van der Waals surface area contributed by atoms with Crippen molar-refractivity contribution in [1.82, 2.24) is 5.32 Å². The molecule has 0 saturated carbocycles. The van der Waals surface area contributed by atoms with Crippen LogP contribution < -0.4 is 5.32 Å². The highest BCUT2D eigenvalue weighted by Gasteiger charge is 2.43. The van der Waals surface area contributed by atoms with E-state index in [9.17, 15) is 4.79 Å². The first kappa shape index (κ1) is 8.53. The third-order valence-electron chi connectivity index (χ3n) is 2.74. The van der Waals surface area contributed by atoms with E-state index < -0.39 is 11.5 Å². The number of carboxylic acids is 1. The third kappa shape index (κ3) is 1.25. The van der Waals surface area contributed by atoms with Gasteiger partial charge in [0.1, 0.15) is 5.54 Å². The monoisotopic (exact) mass is 157 g/mol. The fourth-order valence-corrected chi connectivity index (χ4v) is 1.80. The summed E-state index contributed by atoms with van der Waals surface area (Å²) in [6, 6.07) is 0. The van der Waals surface area contributed by atoms with Crippen LogP contribution in [0.1, 0.15) is 26.7 Å². The van der Waals surface area contributed by atoms with Gasteiger partial charge in [0.05, 0.1) is 0 Å². The van der Waals surface area contributed by atoms with Crippen LogP contribution in [-0.2, 0) is 4.79 Å². The third-order valence-corrected chi connectivity index (χ3v) is 2.74. The quantitative estimate of drug-likeness (QED) is 0.624. The van der Waals surface area contributed by atoms with Crippen molar-refractivity contribution in [2.45, 2.75) is 32.2 Å². The minimum absolute atomic E-state index is 0.292. The molecule has 0 amide bonds. The van der Waals surface area contributed by atoms with Crippen LogP contribution >= 0.6 is 0 Å². The molecule has 0 radical (unpaired) electrons. The first-order valence-electron chi connectivity index (χ1n) is 4.09. The van der Waals surface area contributed by atoms with Crippen molar-refractivity contribution < 1.29 is 9.90 Å². The van der Waals surface area contributed by atoms with Gasteiger partial charge >= 0.3 is 5.97 Å². The Morgan fingerprint density at radius 2 is 2.45 bits per heavy atom. The molecule has 2 N–H and O–H groups in total. The molecule has 0 aromatic rings. The number of hydrogen-bond acceptors (Lipinski definition) is 2. The van der Waals surface area contributed by atoms with E-state index >= 15 is 0 Å². The van der Waals surface area contributed by atoms with Gasteiger partial charge in [0.2, 0.25) is 0 Å². The minimum Gasteiger partial charge on any atom is -0.480 e. The summed E-state index contributed by atoms with van der Waals surface area (Å²) >= 11 is 0. The van der Waals surface area contributed by atoms with Gasteiger partial charge in [-0.1, -0.05) is 13.3 Å². The number of nitrogens with one attached hydrogen (secondary N) is 1. The smallest absolute Gasteiger partial charge is 0.323 e. The maximum atomic E-state index is 10.8. The van der Waals surface area contributed by atoms with Gasteiger partial charge in [0, 0.05) is 0 Å². The average Bonchev–Trinajstić information content (AvgIpc) is 2.32. The molecule has 0 spiro atoms. The van der Waals surface area contributed by atoms with Gasteiger partial charge in [0.25, 0.3) is 0 Å². The molecule has 1 aliphatic heterocycles. The highest BCUT2D eigenvalue weighted by atomic mass is 16.4. The largest absolute Gasteiger partial charge is 0.480 e. The van der Waals surface area contributed by atoms with Crippen molar-refractivity contribution in [1.29, 1.82) is 0 Å². The van der Waals surface area contributed by atoms with Crippen LogP contribution in [0.15, 0.2) is 0 Å². The Morgan fingerprint density at radius 1 is 1.82 bits per heavy atom. The van der Waals surface area contributed by atoms with Gasteiger partial charge < -0.3 is 10.4 Å². The zero-order chi connectivity index (χ0) is 8.48. The Kier molecular flexibility index (Phi) is 2.18. The van der Waals surface area contributed by atoms with E-state index in [0.29, 0.717) is 5.92 Å². The highest BCUT2D eigenvalue weighted by Crippen LogP contribution is 2.28. The minimum atomic E-state index is -0.721. The second-order valence-corrected chi connectivity index (χ2v) is 3.33. The zero-order valence-corrected chi connectivity index (χ0v) is 7.05. The predicted octanol–water partition coefficient (Wildman–Crippen LogP) is 0.849. The number of rotatable bonds is 2. The standard InChI is InChI=1S/C8H15NO2/c1-3-6-4-5-9-8(6,2)7(10)11/h6,9H,3-5H2,1-2H3,(H,10,11)/t6-,8-/m0/s1. The number of carbonyl (C=O) groups is 1. The lowest BCUT2D eigenvalue weighted by atomic mass is 9.85. The molecule has 1 rings (SSSR count). The molecule has 1 saturated heterocycles. The molecule has 64 valence electrons. The molecule has 0 bridgehead atoms. The predicted molar refractivity (Wildman–Crippen MR) is 42.4 cm³/mol. The Balaban J connectivity index is 2.75. The van der Waals surface area contributed by atoms with Crippen LogP contribution in [0.25, 0.3) is 0 Å². The lowest BCUT2D eigenvalue weighted by Gasteiger charge is -2.25. The summed E-state index contributed by atoms with van der Waals surface area (Å²) in [7, 11) is 0. The van der Waals surface area contributed by atoms with Gasteiger partial charge in [-0.25, -0.2) is 0 Å². The van der Waals surface area contributed by atoms with Crippen molar-refractivity contribution in [3.05, 3.63) is 0 Å². The van der Waals surface area contributed by atoms with Crippen LogP contribution in [0.5, 0.6) is 0 Å². The maximum absolute atomic E-state index is 10.8. The van der Waals surface area contributed by atoms with Crippen LogP contribution in [0, 0.1) is 5.92 Å². The summed E-state index contributed by atoms with van der Waals surface area (Å²) in [4.78, 5) is 10.8. The zero-order valence-electron chi connectivity index (χ0n) is 7.05. The van der Waals surface area contributed by atoms with Gasteiger partial charge in [-0.05, 0) is 25.8 Å². The molecule has 1 fully saturated rings. The normalized spacial score (nSPS) is 37.5. The van der Waals surface area contributed by atoms with Gasteiger partial charge in [-0.3, -0.25) is 4.79 Å². The summed E-state index contributed by atoms with van der Waals surface area (Å²) < 4.78 is 0.